The van der Waals surface area contributed by atoms with Crippen molar-refractivity contribution in [2.24, 2.45) is 0 Å². The minimum absolute atomic E-state index is 0.214. The fourth-order valence-electron chi connectivity index (χ4n) is 3.11. The zero-order valence-electron chi connectivity index (χ0n) is 11.8. The van der Waals surface area contributed by atoms with Crippen LogP contribution in [0.1, 0.15) is 30.9 Å². The third kappa shape index (κ3) is 2.77. The van der Waals surface area contributed by atoms with Crippen LogP contribution in [-0.2, 0) is 4.79 Å². The van der Waals surface area contributed by atoms with Gasteiger partial charge in [0.15, 0.2) is 0 Å². The van der Waals surface area contributed by atoms with E-state index in [4.69, 9.17) is 0 Å². The molecule has 2 saturated heterocycles. The highest BCUT2D eigenvalue weighted by atomic mass is 16.1. The van der Waals surface area contributed by atoms with Gasteiger partial charge in [-0.1, -0.05) is 6.07 Å². The molecule has 5 nitrogen and oxygen atoms in total. The van der Waals surface area contributed by atoms with Gasteiger partial charge < -0.3 is 15.1 Å². The first-order valence-electron chi connectivity index (χ1n) is 7.51. The molecular formula is C15H22N4O. The van der Waals surface area contributed by atoms with E-state index in [1.54, 1.807) is 0 Å². The molecule has 0 unspecified atom stereocenters. The van der Waals surface area contributed by atoms with Gasteiger partial charge in [0.05, 0.1) is 6.04 Å². The average Bonchev–Trinajstić information content (AvgIpc) is 2.56. The third-order valence-electron chi connectivity index (χ3n) is 4.28. The number of rotatable bonds is 3. The molecule has 0 aliphatic carbocycles. The number of piperidine rings is 1. The standard InChI is InChI=1S/C15H22N4O/c20-12-19-8-2-1-3-14(19)13-4-5-15(17-11-13)18-9-6-16-7-10-18/h4-5,11-12,14,16H,1-3,6-10H2/t14-/m0/s1. The molecule has 2 aliphatic rings. The van der Waals surface area contributed by atoms with E-state index in [0.717, 1.165) is 63.4 Å². The third-order valence-corrected chi connectivity index (χ3v) is 4.28. The summed E-state index contributed by atoms with van der Waals surface area (Å²) in [5.41, 5.74) is 1.16. The lowest BCUT2D eigenvalue weighted by molar-refractivity contribution is -0.121. The van der Waals surface area contributed by atoms with Gasteiger partial charge in [-0.25, -0.2) is 4.98 Å². The summed E-state index contributed by atoms with van der Waals surface area (Å²) < 4.78 is 0. The molecule has 0 bridgehead atoms. The monoisotopic (exact) mass is 274 g/mol. The second kappa shape index (κ2) is 6.22. The molecule has 1 N–H and O–H groups in total. The molecule has 108 valence electrons. The maximum Gasteiger partial charge on any atom is 0.210 e. The van der Waals surface area contributed by atoms with E-state index in [2.05, 4.69) is 27.3 Å². The number of carbonyl (C=O) groups is 1. The van der Waals surface area contributed by atoms with Crippen molar-refractivity contribution >= 4 is 12.2 Å². The zero-order valence-corrected chi connectivity index (χ0v) is 11.8. The van der Waals surface area contributed by atoms with Crippen molar-refractivity contribution in [1.29, 1.82) is 0 Å². The van der Waals surface area contributed by atoms with Crippen molar-refractivity contribution in [3.8, 4) is 0 Å². The lowest BCUT2D eigenvalue weighted by Gasteiger charge is -2.33. The van der Waals surface area contributed by atoms with Gasteiger partial charge in [0.2, 0.25) is 6.41 Å². The molecule has 3 rings (SSSR count). The smallest absolute Gasteiger partial charge is 0.210 e. The molecule has 2 aliphatic heterocycles. The summed E-state index contributed by atoms with van der Waals surface area (Å²) in [7, 11) is 0. The summed E-state index contributed by atoms with van der Waals surface area (Å²) in [5.74, 6) is 1.05. The molecular weight excluding hydrogens is 252 g/mol. The molecule has 0 saturated carbocycles. The predicted octanol–water partition coefficient (Wildman–Crippen LogP) is 1.17. The van der Waals surface area contributed by atoms with E-state index >= 15 is 0 Å². The largest absolute Gasteiger partial charge is 0.354 e. The van der Waals surface area contributed by atoms with Gasteiger partial charge in [0, 0.05) is 38.9 Å². The van der Waals surface area contributed by atoms with E-state index in [-0.39, 0.29) is 6.04 Å². The first-order valence-corrected chi connectivity index (χ1v) is 7.51. The number of hydrogen-bond donors (Lipinski definition) is 1. The van der Waals surface area contributed by atoms with Crippen LogP contribution in [0, 0.1) is 0 Å². The maximum atomic E-state index is 11.1. The SMILES string of the molecule is O=CN1CCCC[C@H]1c1ccc(N2CCNCC2)nc1. The number of pyridine rings is 1. The summed E-state index contributed by atoms with van der Waals surface area (Å²) in [5, 5.41) is 3.35. The molecule has 20 heavy (non-hydrogen) atoms. The minimum atomic E-state index is 0.214. The van der Waals surface area contributed by atoms with Gasteiger partial charge in [-0.2, -0.15) is 0 Å². The van der Waals surface area contributed by atoms with Gasteiger partial charge in [-0.05, 0) is 30.9 Å². The maximum absolute atomic E-state index is 11.1. The second-order valence-electron chi connectivity index (χ2n) is 5.54. The van der Waals surface area contributed by atoms with Crippen LogP contribution in [0.4, 0.5) is 5.82 Å². The Balaban J connectivity index is 1.72. The van der Waals surface area contributed by atoms with Crippen LogP contribution in [-0.4, -0.2) is 49.0 Å². The Labute approximate surface area is 120 Å². The molecule has 5 heteroatoms. The summed E-state index contributed by atoms with van der Waals surface area (Å²) in [6, 6.07) is 4.44. The van der Waals surface area contributed by atoms with Crippen LogP contribution < -0.4 is 10.2 Å². The van der Waals surface area contributed by atoms with Crippen molar-refractivity contribution in [3.05, 3.63) is 23.9 Å². The number of carbonyl (C=O) groups excluding carboxylic acids is 1. The Morgan fingerprint density at radius 1 is 1.20 bits per heavy atom. The first kappa shape index (κ1) is 13.4. The lowest BCUT2D eigenvalue weighted by atomic mass is 9.97. The molecule has 1 aromatic heterocycles. The molecule has 1 amide bonds. The Bertz CT molecular complexity index is 442. The molecule has 1 atom stereocenters. The number of anilines is 1. The number of amides is 1. The fourth-order valence-corrected chi connectivity index (χ4v) is 3.11. The van der Waals surface area contributed by atoms with Crippen LogP contribution in [0.5, 0.6) is 0 Å². The van der Waals surface area contributed by atoms with Gasteiger partial charge in [0.25, 0.3) is 0 Å². The molecule has 0 aromatic carbocycles. The topological polar surface area (TPSA) is 48.5 Å². The number of piperazine rings is 1. The minimum Gasteiger partial charge on any atom is -0.354 e. The molecule has 3 heterocycles. The summed E-state index contributed by atoms with van der Waals surface area (Å²) in [6.07, 6.45) is 6.28. The van der Waals surface area contributed by atoms with Crippen LogP contribution in [0.2, 0.25) is 0 Å². The number of aromatic nitrogens is 1. The predicted molar refractivity (Wildman–Crippen MR) is 78.7 cm³/mol. The van der Waals surface area contributed by atoms with Crippen molar-refractivity contribution < 1.29 is 4.79 Å². The fraction of sp³-hybridized carbons (Fsp3) is 0.600. The van der Waals surface area contributed by atoms with Crippen LogP contribution >= 0.6 is 0 Å². The van der Waals surface area contributed by atoms with Gasteiger partial charge in [-0.3, -0.25) is 4.79 Å². The lowest BCUT2D eigenvalue weighted by Crippen LogP contribution is -2.43. The normalized spacial score (nSPS) is 23.7. The highest BCUT2D eigenvalue weighted by Gasteiger charge is 2.23. The average molecular weight is 274 g/mol. The van der Waals surface area contributed by atoms with Crippen molar-refractivity contribution in [2.75, 3.05) is 37.6 Å². The Morgan fingerprint density at radius 3 is 2.75 bits per heavy atom. The molecule has 2 fully saturated rings. The number of likely N-dealkylation sites (tertiary alicyclic amines) is 1. The van der Waals surface area contributed by atoms with Gasteiger partial charge >= 0.3 is 0 Å². The summed E-state index contributed by atoms with van der Waals surface area (Å²) >= 11 is 0. The van der Waals surface area contributed by atoms with Crippen LogP contribution in [0.25, 0.3) is 0 Å². The highest BCUT2D eigenvalue weighted by molar-refractivity contribution is 5.49. The van der Waals surface area contributed by atoms with E-state index in [0.29, 0.717) is 0 Å². The molecule has 1 aromatic rings. The highest BCUT2D eigenvalue weighted by Crippen LogP contribution is 2.29. The summed E-state index contributed by atoms with van der Waals surface area (Å²) in [4.78, 5) is 20.0. The number of nitrogens with zero attached hydrogens (tertiary/aromatic N) is 3. The van der Waals surface area contributed by atoms with Crippen molar-refractivity contribution in [2.45, 2.75) is 25.3 Å². The molecule has 0 spiro atoms. The Morgan fingerprint density at radius 2 is 2.05 bits per heavy atom. The van der Waals surface area contributed by atoms with E-state index in [1.807, 2.05) is 11.1 Å². The van der Waals surface area contributed by atoms with Gasteiger partial charge in [-0.15, -0.1) is 0 Å². The first-order chi connectivity index (χ1) is 9.88. The van der Waals surface area contributed by atoms with E-state index in [1.165, 1.54) is 6.42 Å². The van der Waals surface area contributed by atoms with E-state index in [9.17, 15) is 4.79 Å². The van der Waals surface area contributed by atoms with Crippen LogP contribution in [0.3, 0.4) is 0 Å². The van der Waals surface area contributed by atoms with E-state index < -0.39 is 0 Å². The Hall–Kier alpha value is -1.62. The van der Waals surface area contributed by atoms with Crippen LogP contribution in [0.15, 0.2) is 18.3 Å². The second-order valence-corrected chi connectivity index (χ2v) is 5.54. The van der Waals surface area contributed by atoms with Crippen molar-refractivity contribution in [3.63, 3.8) is 0 Å². The zero-order chi connectivity index (χ0) is 13.8. The van der Waals surface area contributed by atoms with Crippen molar-refractivity contribution in [1.82, 2.24) is 15.2 Å². The number of hydrogen-bond acceptors (Lipinski definition) is 4. The quantitative estimate of drug-likeness (QED) is 0.841. The Kier molecular flexibility index (Phi) is 4.16. The molecule has 0 radical (unpaired) electrons. The van der Waals surface area contributed by atoms with Gasteiger partial charge in [0.1, 0.15) is 5.82 Å². The number of nitrogens with one attached hydrogen (secondary N) is 1. The summed E-state index contributed by atoms with van der Waals surface area (Å²) in [6.45, 7) is 4.93.